The second-order valence-corrected chi connectivity index (χ2v) is 11.0. The zero-order valence-electron chi connectivity index (χ0n) is 21.4. The van der Waals surface area contributed by atoms with Gasteiger partial charge in [-0.3, -0.25) is 19.5 Å². The summed E-state index contributed by atoms with van der Waals surface area (Å²) >= 11 is 1.39. The minimum atomic E-state index is -0.814. The van der Waals surface area contributed by atoms with Gasteiger partial charge in [-0.2, -0.15) is 0 Å². The van der Waals surface area contributed by atoms with E-state index in [9.17, 15) is 9.59 Å². The molecular weight excluding hydrogens is 478 g/mol. The lowest BCUT2D eigenvalue weighted by molar-refractivity contribution is -0.123. The Hall–Kier alpha value is -3.51. The Labute approximate surface area is 222 Å². The van der Waals surface area contributed by atoms with Crippen molar-refractivity contribution < 1.29 is 9.59 Å². The van der Waals surface area contributed by atoms with Gasteiger partial charge in [0.05, 0.1) is 10.4 Å². The van der Waals surface area contributed by atoms with Crippen LogP contribution in [0.1, 0.15) is 78.7 Å². The summed E-state index contributed by atoms with van der Waals surface area (Å²) in [6, 6.07) is 20.8. The van der Waals surface area contributed by atoms with Crippen LogP contribution < -0.4 is 10.2 Å². The van der Waals surface area contributed by atoms with Gasteiger partial charge >= 0.3 is 0 Å². The molecule has 0 unspecified atom stereocenters. The van der Waals surface area contributed by atoms with Crippen molar-refractivity contribution in [1.82, 2.24) is 10.3 Å². The molecule has 0 saturated heterocycles. The number of nitrogens with zero attached hydrogens (tertiary/aromatic N) is 2. The fraction of sp³-hybridized carbons (Fsp3) is 0.323. The predicted molar refractivity (Wildman–Crippen MR) is 151 cm³/mol. The van der Waals surface area contributed by atoms with Gasteiger partial charge in [-0.15, -0.1) is 11.3 Å². The maximum atomic E-state index is 14.1. The van der Waals surface area contributed by atoms with Crippen LogP contribution in [-0.4, -0.2) is 22.8 Å². The van der Waals surface area contributed by atoms with Gasteiger partial charge in [-0.1, -0.05) is 63.4 Å². The number of pyridine rings is 1. The lowest BCUT2D eigenvalue weighted by Crippen LogP contribution is -2.47. The first-order valence-corrected chi connectivity index (χ1v) is 14.0. The zero-order chi connectivity index (χ0) is 25.8. The third kappa shape index (κ3) is 5.59. The Morgan fingerprint density at radius 2 is 1.70 bits per heavy atom. The molecule has 0 spiro atoms. The molecule has 6 heteroatoms. The number of benzene rings is 2. The zero-order valence-corrected chi connectivity index (χ0v) is 22.2. The van der Waals surface area contributed by atoms with E-state index in [1.165, 1.54) is 23.3 Å². The summed E-state index contributed by atoms with van der Waals surface area (Å²) < 4.78 is 0. The van der Waals surface area contributed by atoms with Gasteiger partial charge in [-0.05, 0) is 71.7 Å². The Morgan fingerprint density at radius 3 is 2.41 bits per heavy atom. The number of amides is 2. The molecule has 0 radical (unpaired) electrons. The van der Waals surface area contributed by atoms with Crippen LogP contribution in [0.5, 0.6) is 0 Å². The Balaban J connectivity index is 1.62. The van der Waals surface area contributed by atoms with Gasteiger partial charge in [0, 0.05) is 23.3 Å². The molecule has 2 heterocycles. The molecule has 1 fully saturated rings. The topological polar surface area (TPSA) is 62.3 Å². The van der Waals surface area contributed by atoms with Crippen molar-refractivity contribution in [1.29, 1.82) is 0 Å². The van der Waals surface area contributed by atoms with Gasteiger partial charge in [0.1, 0.15) is 6.04 Å². The molecule has 0 bridgehead atoms. The van der Waals surface area contributed by atoms with Crippen LogP contribution in [0.25, 0.3) is 10.9 Å². The molecule has 2 aromatic carbocycles. The quantitative estimate of drug-likeness (QED) is 0.284. The molecule has 2 aromatic heterocycles. The molecule has 1 aliphatic carbocycles. The van der Waals surface area contributed by atoms with Crippen molar-refractivity contribution in [2.75, 3.05) is 4.90 Å². The lowest BCUT2D eigenvalue weighted by atomic mass is 9.94. The number of carbonyl (C=O) groups is 2. The number of aromatic nitrogens is 1. The average molecular weight is 512 g/mol. The van der Waals surface area contributed by atoms with E-state index in [-0.39, 0.29) is 17.9 Å². The van der Waals surface area contributed by atoms with Gasteiger partial charge in [0.25, 0.3) is 5.91 Å². The molecule has 4 aromatic rings. The predicted octanol–water partition coefficient (Wildman–Crippen LogP) is 7.26. The summed E-state index contributed by atoms with van der Waals surface area (Å²) in [4.78, 5) is 34.9. The molecule has 1 saturated carbocycles. The molecule has 1 N–H and O–H groups in total. The summed E-state index contributed by atoms with van der Waals surface area (Å²) in [5.74, 6) is 0.0456. The molecule has 37 heavy (non-hydrogen) atoms. The fourth-order valence-corrected chi connectivity index (χ4v) is 5.79. The van der Waals surface area contributed by atoms with Gasteiger partial charge in [0.15, 0.2) is 0 Å². The van der Waals surface area contributed by atoms with E-state index in [0.717, 1.165) is 42.1 Å². The Bertz CT molecular complexity index is 1360. The van der Waals surface area contributed by atoms with Crippen LogP contribution in [-0.2, 0) is 4.79 Å². The second kappa shape index (κ2) is 11.3. The molecular formula is C31H33N3O2S. The van der Waals surface area contributed by atoms with Crippen LogP contribution >= 0.6 is 11.3 Å². The molecule has 1 aliphatic rings. The van der Waals surface area contributed by atoms with E-state index in [1.807, 2.05) is 60.0 Å². The van der Waals surface area contributed by atoms with Crippen LogP contribution in [0, 0.1) is 0 Å². The molecule has 0 aliphatic heterocycles. The second-order valence-electron chi connectivity index (χ2n) is 10.1. The molecule has 190 valence electrons. The van der Waals surface area contributed by atoms with E-state index in [0.29, 0.717) is 16.5 Å². The van der Waals surface area contributed by atoms with Crippen LogP contribution in [0.15, 0.2) is 78.3 Å². The van der Waals surface area contributed by atoms with E-state index in [2.05, 4.69) is 36.3 Å². The fourth-order valence-electron chi connectivity index (χ4n) is 5.13. The standard InChI is InChI=1S/C31H33N3O2S/c1-21(2)22-12-15-26(16-13-22)34(31(36)28-11-7-19-37-28)29(30(35)33-25-9-4-3-5-10-25)24-14-17-27-23(20-24)8-6-18-32-27/h6-8,11-21,25,29H,3-5,9-10H2,1-2H3,(H,33,35)/t29-/m0/s1. The first-order chi connectivity index (χ1) is 18.0. The number of rotatable bonds is 7. The maximum absolute atomic E-state index is 14.1. The summed E-state index contributed by atoms with van der Waals surface area (Å²) in [5, 5.41) is 6.13. The third-order valence-corrected chi connectivity index (χ3v) is 8.05. The van der Waals surface area contributed by atoms with Crippen molar-refractivity contribution in [3.05, 3.63) is 94.3 Å². The number of carbonyl (C=O) groups excluding carboxylic acids is 2. The summed E-state index contributed by atoms with van der Waals surface area (Å²) in [6.45, 7) is 4.29. The van der Waals surface area contributed by atoms with Crippen molar-refractivity contribution >= 4 is 39.7 Å². The molecule has 1 atom stereocenters. The van der Waals surface area contributed by atoms with Crippen LogP contribution in [0.4, 0.5) is 5.69 Å². The van der Waals surface area contributed by atoms with Gasteiger partial charge in [-0.25, -0.2) is 0 Å². The van der Waals surface area contributed by atoms with Crippen molar-refractivity contribution in [2.45, 2.75) is 64.0 Å². The monoisotopic (exact) mass is 511 g/mol. The number of hydrogen-bond donors (Lipinski definition) is 1. The van der Waals surface area contributed by atoms with E-state index < -0.39 is 6.04 Å². The van der Waals surface area contributed by atoms with Gasteiger partial charge in [0.2, 0.25) is 5.91 Å². The Kier molecular flexibility index (Phi) is 7.65. The van der Waals surface area contributed by atoms with E-state index in [4.69, 9.17) is 0 Å². The first kappa shape index (κ1) is 25.2. The van der Waals surface area contributed by atoms with E-state index in [1.54, 1.807) is 11.1 Å². The largest absolute Gasteiger partial charge is 0.351 e. The highest BCUT2D eigenvalue weighted by molar-refractivity contribution is 7.12. The number of fused-ring (bicyclic) bond motifs is 1. The van der Waals surface area contributed by atoms with Crippen molar-refractivity contribution in [3.8, 4) is 0 Å². The molecule has 5 rings (SSSR count). The molecule has 2 amide bonds. The highest BCUT2D eigenvalue weighted by Crippen LogP contribution is 2.33. The lowest BCUT2D eigenvalue weighted by Gasteiger charge is -2.33. The third-order valence-electron chi connectivity index (χ3n) is 7.19. The SMILES string of the molecule is CC(C)c1ccc(N(C(=O)c2cccs2)[C@H](C(=O)NC2CCCCC2)c2ccc3ncccc3c2)cc1. The minimum absolute atomic E-state index is 0.132. The minimum Gasteiger partial charge on any atom is -0.351 e. The summed E-state index contributed by atoms with van der Waals surface area (Å²) in [6.07, 6.45) is 7.15. The van der Waals surface area contributed by atoms with Crippen LogP contribution in [0.2, 0.25) is 0 Å². The first-order valence-electron chi connectivity index (χ1n) is 13.1. The summed E-state index contributed by atoms with van der Waals surface area (Å²) in [7, 11) is 0. The molecule has 5 nitrogen and oxygen atoms in total. The number of hydrogen-bond acceptors (Lipinski definition) is 4. The Morgan fingerprint density at radius 1 is 0.946 bits per heavy atom. The highest BCUT2D eigenvalue weighted by Gasteiger charge is 2.35. The number of anilines is 1. The summed E-state index contributed by atoms with van der Waals surface area (Å²) in [5.41, 5.74) is 3.52. The number of thiophene rings is 1. The van der Waals surface area contributed by atoms with E-state index >= 15 is 0 Å². The average Bonchev–Trinajstić information content (AvgIpc) is 3.47. The van der Waals surface area contributed by atoms with Gasteiger partial charge < -0.3 is 5.32 Å². The maximum Gasteiger partial charge on any atom is 0.269 e. The van der Waals surface area contributed by atoms with Crippen molar-refractivity contribution in [3.63, 3.8) is 0 Å². The van der Waals surface area contributed by atoms with Crippen LogP contribution in [0.3, 0.4) is 0 Å². The normalized spacial score (nSPS) is 15.0. The number of nitrogens with one attached hydrogen (secondary N) is 1. The smallest absolute Gasteiger partial charge is 0.269 e. The highest BCUT2D eigenvalue weighted by atomic mass is 32.1. The van der Waals surface area contributed by atoms with Crippen molar-refractivity contribution in [2.24, 2.45) is 0 Å².